The molecule has 0 bridgehead atoms. The molecule has 0 aromatic rings. The second kappa shape index (κ2) is 5.02. The van der Waals surface area contributed by atoms with Gasteiger partial charge in [0.1, 0.15) is 0 Å². The highest BCUT2D eigenvalue weighted by atomic mass is 16.2. The molecule has 0 aromatic heterocycles. The lowest BCUT2D eigenvalue weighted by molar-refractivity contribution is -0.126. The van der Waals surface area contributed by atoms with E-state index in [-0.39, 0.29) is 5.91 Å². The van der Waals surface area contributed by atoms with Crippen LogP contribution in [0.1, 0.15) is 19.8 Å². The largest absolute Gasteiger partial charge is 0.332 e. The van der Waals surface area contributed by atoms with Gasteiger partial charge >= 0.3 is 0 Å². The van der Waals surface area contributed by atoms with Crippen LogP contribution >= 0.6 is 0 Å². The molecule has 14 heavy (non-hydrogen) atoms. The third-order valence-corrected chi connectivity index (χ3v) is 2.79. The smallest absolute Gasteiger partial charge is 0.298 e. The number of carbonyl (C=O) groups excluding carboxylic acids is 1. The minimum atomic E-state index is -0.0537. The molecule has 1 aliphatic heterocycles. The van der Waals surface area contributed by atoms with E-state index in [0.717, 1.165) is 25.9 Å². The highest BCUT2D eigenvalue weighted by molar-refractivity contribution is 5.93. The maximum atomic E-state index is 11.5. The average Bonchev–Trinajstić information content (AvgIpc) is 2.18. The van der Waals surface area contributed by atoms with Gasteiger partial charge in [0.2, 0.25) is 0 Å². The highest BCUT2D eigenvalue weighted by Gasteiger charge is 2.22. The Morgan fingerprint density at radius 1 is 1.43 bits per heavy atom. The molecule has 3 heteroatoms. The van der Waals surface area contributed by atoms with Crippen LogP contribution in [0.4, 0.5) is 0 Å². The second-order valence-corrected chi connectivity index (χ2v) is 3.83. The molecule has 0 aromatic carbocycles. The molecule has 0 unspecified atom stereocenters. The molecule has 1 saturated heterocycles. The van der Waals surface area contributed by atoms with Crippen molar-refractivity contribution < 1.29 is 4.79 Å². The molecule has 78 valence electrons. The van der Waals surface area contributed by atoms with Crippen LogP contribution in [0.2, 0.25) is 0 Å². The van der Waals surface area contributed by atoms with Crippen molar-refractivity contribution in [1.82, 2.24) is 9.80 Å². The fourth-order valence-corrected chi connectivity index (χ4v) is 1.74. The molecule has 1 aliphatic rings. The molecule has 1 fully saturated rings. The Kier molecular flexibility index (Phi) is 3.97. The topological polar surface area (TPSA) is 23.6 Å². The minimum Gasteiger partial charge on any atom is -0.332 e. The van der Waals surface area contributed by atoms with E-state index < -0.39 is 0 Å². The van der Waals surface area contributed by atoms with Gasteiger partial charge in [-0.2, -0.15) is 0 Å². The van der Waals surface area contributed by atoms with Crippen LogP contribution in [0.25, 0.3) is 0 Å². The van der Waals surface area contributed by atoms with Gasteiger partial charge in [-0.15, -0.1) is 0 Å². The molecule has 0 saturated carbocycles. The predicted molar refractivity (Wildman–Crippen MR) is 56.7 cm³/mol. The minimum absolute atomic E-state index is 0.0537. The predicted octanol–water partition coefficient (Wildman–Crippen LogP) is 0.562. The van der Waals surface area contributed by atoms with Gasteiger partial charge in [-0.3, -0.25) is 4.79 Å². The van der Waals surface area contributed by atoms with E-state index in [0.29, 0.717) is 6.04 Å². The first-order valence-corrected chi connectivity index (χ1v) is 5.03. The summed E-state index contributed by atoms with van der Waals surface area (Å²) in [5, 5.41) is 0. The van der Waals surface area contributed by atoms with Crippen LogP contribution < -0.4 is 0 Å². The lowest BCUT2D eigenvalue weighted by Gasteiger charge is -2.34. The summed E-state index contributed by atoms with van der Waals surface area (Å²) in [6, 6.07) is 0.375. The van der Waals surface area contributed by atoms with Gasteiger partial charge in [0, 0.05) is 13.1 Å². The van der Waals surface area contributed by atoms with Crippen LogP contribution in [0.3, 0.4) is 0 Å². The average molecular weight is 194 g/mol. The Balaban J connectivity index is 2.47. The van der Waals surface area contributed by atoms with Crippen molar-refractivity contribution in [2.24, 2.45) is 0 Å². The Morgan fingerprint density at radius 2 is 2.00 bits per heavy atom. The quantitative estimate of drug-likeness (QED) is 0.570. The van der Waals surface area contributed by atoms with E-state index >= 15 is 0 Å². The van der Waals surface area contributed by atoms with E-state index in [4.69, 9.17) is 0 Å². The molecular weight excluding hydrogens is 176 g/mol. The van der Waals surface area contributed by atoms with Gasteiger partial charge in [0.25, 0.3) is 5.91 Å². The zero-order chi connectivity index (χ0) is 10.6. The summed E-state index contributed by atoms with van der Waals surface area (Å²) in [6.45, 7) is 3.84. The van der Waals surface area contributed by atoms with Crippen LogP contribution in [0.15, 0.2) is 0 Å². The third kappa shape index (κ3) is 2.74. The molecule has 0 atom stereocenters. The fraction of sp³-hybridized carbons (Fsp3) is 0.727. The number of hydrogen-bond acceptors (Lipinski definition) is 2. The number of rotatable bonds is 1. The van der Waals surface area contributed by atoms with E-state index in [1.165, 1.54) is 0 Å². The first-order chi connectivity index (χ1) is 6.65. The Hall–Kier alpha value is -1.01. The lowest BCUT2D eigenvalue weighted by atomic mass is 10.0. The van der Waals surface area contributed by atoms with Crippen LogP contribution in [-0.2, 0) is 4.79 Å². The SMILES string of the molecule is CC#CC(=O)N(C)C1CCN(C)CC1. The molecule has 1 amide bonds. The van der Waals surface area contributed by atoms with Crippen molar-refractivity contribution >= 4 is 5.91 Å². The standard InChI is InChI=1S/C11H18N2O/c1-4-5-11(14)13(3)10-6-8-12(2)9-7-10/h10H,6-9H2,1-3H3. The maximum absolute atomic E-state index is 11.5. The van der Waals surface area contributed by atoms with Crippen molar-refractivity contribution in [3.8, 4) is 11.8 Å². The van der Waals surface area contributed by atoms with Crippen molar-refractivity contribution in [3.63, 3.8) is 0 Å². The number of amides is 1. The number of hydrogen-bond donors (Lipinski definition) is 0. The summed E-state index contributed by atoms with van der Waals surface area (Å²) < 4.78 is 0. The molecule has 0 spiro atoms. The fourth-order valence-electron chi connectivity index (χ4n) is 1.74. The maximum Gasteiger partial charge on any atom is 0.298 e. The molecule has 3 nitrogen and oxygen atoms in total. The summed E-state index contributed by atoms with van der Waals surface area (Å²) >= 11 is 0. The van der Waals surface area contributed by atoms with Gasteiger partial charge < -0.3 is 9.80 Å². The molecule has 0 N–H and O–H groups in total. The van der Waals surface area contributed by atoms with Gasteiger partial charge in [-0.05, 0) is 45.8 Å². The molecular formula is C11H18N2O. The van der Waals surface area contributed by atoms with E-state index in [1.54, 1.807) is 11.8 Å². The summed E-state index contributed by atoms with van der Waals surface area (Å²) in [7, 11) is 3.96. The van der Waals surface area contributed by atoms with Crippen LogP contribution in [0, 0.1) is 11.8 Å². The number of nitrogens with zero attached hydrogens (tertiary/aromatic N) is 2. The second-order valence-electron chi connectivity index (χ2n) is 3.83. The van der Waals surface area contributed by atoms with Crippen molar-refractivity contribution in [1.29, 1.82) is 0 Å². The number of likely N-dealkylation sites (tertiary alicyclic amines) is 1. The number of piperidine rings is 1. The van der Waals surface area contributed by atoms with Crippen molar-refractivity contribution in [2.45, 2.75) is 25.8 Å². The summed E-state index contributed by atoms with van der Waals surface area (Å²) in [6.07, 6.45) is 2.12. The van der Waals surface area contributed by atoms with E-state index in [9.17, 15) is 4.79 Å². The van der Waals surface area contributed by atoms with E-state index in [2.05, 4.69) is 23.8 Å². The summed E-state index contributed by atoms with van der Waals surface area (Å²) in [5.41, 5.74) is 0. The monoisotopic (exact) mass is 194 g/mol. The van der Waals surface area contributed by atoms with Gasteiger partial charge in [-0.25, -0.2) is 0 Å². The first kappa shape index (κ1) is 11.1. The zero-order valence-corrected chi connectivity index (χ0v) is 9.21. The van der Waals surface area contributed by atoms with Crippen LogP contribution in [0.5, 0.6) is 0 Å². The van der Waals surface area contributed by atoms with Gasteiger partial charge in [0.15, 0.2) is 0 Å². The third-order valence-electron chi connectivity index (χ3n) is 2.79. The number of carbonyl (C=O) groups is 1. The van der Waals surface area contributed by atoms with Crippen LogP contribution in [-0.4, -0.2) is 48.9 Å². The molecule has 1 heterocycles. The molecule has 0 radical (unpaired) electrons. The van der Waals surface area contributed by atoms with Crippen molar-refractivity contribution in [2.75, 3.05) is 27.2 Å². The van der Waals surface area contributed by atoms with Gasteiger partial charge in [0.05, 0.1) is 0 Å². The Morgan fingerprint density at radius 3 is 2.50 bits per heavy atom. The molecule has 0 aliphatic carbocycles. The van der Waals surface area contributed by atoms with Crippen molar-refractivity contribution in [3.05, 3.63) is 0 Å². The lowest BCUT2D eigenvalue weighted by Crippen LogP contribution is -2.44. The highest BCUT2D eigenvalue weighted by Crippen LogP contribution is 2.13. The van der Waals surface area contributed by atoms with E-state index in [1.807, 2.05) is 7.05 Å². The molecule has 1 rings (SSSR count). The Labute approximate surface area is 86.1 Å². The summed E-state index contributed by atoms with van der Waals surface area (Å²) in [5.74, 6) is 5.17. The normalized spacial score (nSPS) is 18.5. The Bertz CT molecular complexity index is 256. The summed E-state index contributed by atoms with van der Waals surface area (Å²) in [4.78, 5) is 15.5. The van der Waals surface area contributed by atoms with Gasteiger partial charge in [-0.1, -0.05) is 5.92 Å². The first-order valence-electron chi connectivity index (χ1n) is 5.03. The zero-order valence-electron chi connectivity index (χ0n) is 9.21.